The van der Waals surface area contributed by atoms with E-state index in [9.17, 15) is 0 Å². The first-order valence-corrected chi connectivity index (χ1v) is 9.67. The number of para-hydroxylation sites is 1. The zero-order chi connectivity index (χ0) is 19.4. The van der Waals surface area contributed by atoms with Crippen molar-refractivity contribution in [2.75, 3.05) is 20.2 Å². The van der Waals surface area contributed by atoms with Crippen LogP contribution in [-0.2, 0) is 13.5 Å². The standard InChI is InChI=1S/C21H31N5O.HI/c1-14(12-19-15(2)25-26(5)16(19)3)24-21(22-4)23-13-17-10-11-27-20-9-7-6-8-18(17)20;/h6-9,14,17H,10-13H2,1-5H3,(H2,22,23,24);1H. The third kappa shape index (κ3) is 5.18. The summed E-state index contributed by atoms with van der Waals surface area (Å²) in [6, 6.07) is 8.58. The van der Waals surface area contributed by atoms with E-state index < -0.39 is 0 Å². The number of nitrogens with one attached hydrogen (secondary N) is 2. The first-order chi connectivity index (χ1) is 13.0. The van der Waals surface area contributed by atoms with Crippen molar-refractivity contribution in [1.82, 2.24) is 20.4 Å². The van der Waals surface area contributed by atoms with Gasteiger partial charge in [-0.25, -0.2) is 0 Å². The number of aryl methyl sites for hydroxylation is 2. The second kappa shape index (κ2) is 10.1. The normalized spacial score (nSPS) is 17.2. The van der Waals surface area contributed by atoms with E-state index in [1.165, 1.54) is 16.8 Å². The number of halogens is 1. The molecule has 1 aromatic heterocycles. The minimum absolute atomic E-state index is 0. The number of rotatable bonds is 5. The van der Waals surface area contributed by atoms with Crippen LogP contribution in [0.4, 0.5) is 0 Å². The average Bonchev–Trinajstić information content (AvgIpc) is 2.91. The van der Waals surface area contributed by atoms with Gasteiger partial charge in [-0.1, -0.05) is 18.2 Å². The molecule has 0 radical (unpaired) electrons. The molecule has 6 nitrogen and oxygen atoms in total. The van der Waals surface area contributed by atoms with E-state index in [1.807, 2.05) is 24.8 Å². The van der Waals surface area contributed by atoms with Gasteiger partial charge >= 0.3 is 0 Å². The van der Waals surface area contributed by atoms with Gasteiger partial charge in [-0.2, -0.15) is 5.10 Å². The maximum atomic E-state index is 5.76. The Bertz CT molecular complexity index is 817. The highest BCUT2D eigenvalue weighted by Gasteiger charge is 2.21. The third-order valence-corrected chi connectivity index (χ3v) is 5.37. The second-order valence-electron chi connectivity index (χ2n) is 7.35. The summed E-state index contributed by atoms with van der Waals surface area (Å²) in [7, 11) is 3.82. The summed E-state index contributed by atoms with van der Waals surface area (Å²) < 4.78 is 7.71. The minimum atomic E-state index is 0. The Labute approximate surface area is 185 Å². The predicted octanol–water partition coefficient (Wildman–Crippen LogP) is 3.32. The fourth-order valence-corrected chi connectivity index (χ4v) is 3.75. The summed E-state index contributed by atoms with van der Waals surface area (Å²) in [4.78, 5) is 4.40. The minimum Gasteiger partial charge on any atom is -0.493 e. The van der Waals surface area contributed by atoms with Gasteiger partial charge < -0.3 is 15.4 Å². The Morgan fingerprint density at radius 3 is 2.79 bits per heavy atom. The summed E-state index contributed by atoms with van der Waals surface area (Å²) in [5, 5.41) is 11.5. The van der Waals surface area contributed by atoms with Gasteiger partial charge in [-0.3, -0.25) is 9.67 Å². The molecule has 7 heteroatoms. The number of hydrogen-bond donors (Lipinski definition) is 2. The maximum absolute atomic E-state index is 5.76. The van der Waals surface area contributed by atoms with Crippen LogP contribution in [0.5, 0.6) is 5.75 Å². The van der Waals surface area contributed by atoms with Crippen LogP contribution in [0, 0.1) is 13.8 Å². The van der Waals surface area contributed by atoms with Crippen molar-refractivity contribution >= 4 is 29.9 Å². The zero-order valence-corrected chi connectivity index (χ0v) is 19.8. The quantitative estimate of drug-likeness (QED) is 0.378. The van der Waals surface area contributed by atoms with Crippen molar-refractivity contribution in [3.05, 3.63) is 46.8 Å². The van der Waals surface area contributed by atoms with Gasteiger partial charge in [0.05, 0.1) is 12.3 Å². The fourth-order valence-electron chi connectivity index (χ4n) is 3.75. The van der Waals surface area contributed by atoms with E-state index in [0.29, 0.717) is 5.92 Å². The van der Waals surface area contributed by atoms with Crippen LogP contribution in [0.25, 0.3) is 0 Å². The number of ether oxygens (including phenoxy) is 1. The van der Waals surface area contributed by atoms with E-state index in [2.05, 4.69) is 59.7 Å². The van der Waals surface area contributed by atoms with Gasteiger partial charge in [-0.05, 0) is 50.8 Å². The van der Waals surface area contributed by atoms with Crippen molar-refractivity contribution in [2.45, 2.75) is 45.6 Å². The van der Waals surface area contributed by atoms with Crippen molar-refractivity contribution < 1.29 is 4.74 Å². The lowest BCUT2D eigenvalue weighted by Gasteiger charge is -2.27. The van der Waals surface area contributed by atoms with Crippen molar-refractivity contribution in [3.8, 4) is 5.75 Å². The molecule has 2 heterocycles. The number of guanidine groups is 1. The van der Waals surface area contributed by atoms with Gasteiger partial charge in [0.15, 0.2) is 5.96 Å². The highest BCUT2D eigenvalue weighted by Crippen LogP contribution is 2.32. The molecular formula is C21H32IN5O. The van der Waals surface area contributed by atoms with Crippen LogP contribution in [0.1, 0.15) is 41.8 Å². The molecule has 0 saturated heterocycles. The molecule has 0 aliphatic carbocycles. The molecule has 1 aliphatic heterocycles. The molecule has 0 amide bonds. The van der Waals surface area contributed by atoms with Gasteiger partial charge in [0.1, 0.15) is 5.75 Å². The molecule has 1 aliphatic rings. The molecule has 0 spiro atoms. The molecule has 1 aromatic carbocycles. The molecule has 2 atom stereocenters. The Balaban J connectivity index is 0.00000280. The van der Waals surface area contributed by atoms with Crippen LogP contribution < -0.4 is 15.4 Å². The van der Waals surface area contributed by atoms with Gasteiger partial charge in [0.2, 0.25) is 0 Å². The third-order valence-electron chi connectivity index (χ3n) is 5.37. The first-order valence-electron chi connectivity index (χ1n) is 9.67. The van der Waals surface area contributed by atoms with Crippen LogP contribution in [0.15, 0.2) is 29.3 Å². The second-order valence-corrected chi connectivity index (χ2v) is 7.35. The fraction of sp³-hybridized carbons (Fsp3) is 0.524. The monoisotopic (exact) mass is 497 g/mol. The van der Waals surface area contributed by atoms with Gasteiger partial charge in [-0.15, -0.1) is 24.0 Å². The highest BCUT2D eigenvalue weighted by molar-refractivity contribution is 14.0. The summed E-state index contributed by atoms with van der Waals surface area (Å²) >= 11 is 0. The lowest BCUT2D eigenvalue weighted by atomic mass is 9.93. The molecule has 0 fully saturated rings. The van der Waals surface area contributed by atoms with Crippen LogP contribution in [0.2, 0.25) is 0 Å². The van der Waals surface area contributed by atoms with E-state index in [4.69, 9.17) is 4.74 Å². The number of nitrogens with zero attached hydrogens (tertiary/aromatic N) is 3. The summed E-state index contributed by atoms with van der Waals surface area (Å²) in [5.74, 6) is 2.28. The largest absolute Gasteiger partial charge is 0.493 e. The van der Waals surface area contributed by atoms with Crippen molar-refractivity contribution in [3.63, 3.8) is 0 Å². The first kappa shape index (κ1) is 22.5. The summed E-state index contributed by atoms with van der Waals surface area (Å²) in [5.41, 5.74) is 4.92. The van der Waals surface area contributed by atoms with E-state index in [1.54, 1.807) is 0 Å². The van der Waals surface area contributed by atoms with Crippen molar-refractivity contribution in [1.29, 1.82) is 0 Å². The topological polar surface area (TPSA) is 63.5 Å². The Kier molecular flexibility index (Phi) is 8.15. The number of fused-ring (bicyclic) bond motifs is 1. The highest BCUT2D eigenvalue weighted by atomic mass is 127. The average molecular weight is 497 g/mol. The maximum Gasteiger partial charge on any atom is 0.191 e. The lowest BCUT2D eigenvalue weighted by molar-refractivity contribution is 0.267. The van der Waals surface area contributed by atoms with Crippen LogP contribution >= 0.6 is 24.0 Å². The van der Waals surface area contributed by atoms with Gasteiger partial charge in [0, 0.05) is 38.3 Å². The van der Waals surface area contributed by atoms with Gasteiger partial charge in [0.25, 0.3) is 0 Å². The molecule has 0 bridgehead atoms. The van der Waals surface area contributed by atoms with E-state index in [0.717, 1.165) is 43.4 Å². The molecule has 0 saturated carbocycles. The SMILES string of the molecule is CN=C(NCC1CCOc2ccccc21)NC(C)Cc1c(C)nn(C)c1C.I. The Morgan fingerprint density at radius 1 is 1.36 bits per heavy atom. The van der Waals surface area contributed by atoms with Crippen molar-refractivity contribution in [2.24, 2.45) is 12.0 Å². The molecular weight excluding hydrogens is 465 g/mol. The molecule has 2 N–H and O–H groups in total. The number of aromatic nitrogens is 2. The smallest absolute Gasteiger partial charge is 0.191 e. The predicted molar refractivity (Wildman–Crippen MR) is 125 cm³/mol. The van der Waals surface area contributed by atoms with E-state index >= 15 is 0 Å². The molecule has 2 aromatic rings. The molecule has 28 heavy (non-hydrogen) atoms. The number of aliphatic imine (C=N–C) groups is 1. The number of benzene rings is 1. The Hall–Kier alpha value is -1.77. The molecule has 154 valence electrons. The number of hydrogen-bond acceptors (Lipinski definition) is 3. The van der Waals surface area contributed by atoms with Crippen LogP contribution in [0.3, 0.4) is 0 Å². The summed E-state index contributed by atoms with van der Waals surface area (Å²) in [6.45, 7) is 7.99. The summed E-state index contributed by atoms with van der Waals surface area (Å²) in [6.07, 6.45) is 1.94. The van der Waals surface area contributed by atoms with E-state index in [-0.39, 0.29) is 30.0 Å². The zero-order valence-electron chi connectivity index (χ0n) is 17.5. The molecule has 2 unspecified atom stereocenters. The molecule has 3 rings (SSSR count). The lowest BCUT2D eigenvalue weighted by Crippen LogP contribution is -2.44. The Morgan fingerprint density at radius 2 is 2.11 bits per heavy atom. The van der Waals surface area contributed by atoms with Crippen LogP contribution in [-0.4, -0.2) is 42.0 Å².